The van der Waals surface area contributed by atoms with Gasteiger partial charge < -0.3 is 10.6 Å². The van der Waals surface area contributed by atoms with Gasteiger partial charge in [0.05, 0.1) is 11.9 Å². The van der Waals surface area contributed by atoms with Gasteiger partial charge in [-0.1, -0.05) is 5.21 Å². The number of rotatable bonds is 5. The van der Waals surface area contributed by atoms with Gasteiger partial charge in [0.25, 0.3) is 0 Å². The predicted octanol–water partition coefficient (Wildman–Crippen LogP) is 0.727. The second-order valence-corrected chi connectivity index (χ2v) is 4.10. The minimum absolute atomic E-state index is 0.0520. The normalized spacial score (nSPS) is 14.4. The molecule has 1 amide bonds. The van der Waals surface area contributed by atoms with Crippen molar-refractivity contribution in [1.82, 2.24) is 19.9 Å². The molecule has 0 saturated carbocycles. The van der Waals surface area contributed by atoms with Crippen LogP contribution >= 0.6 is 0 Å². The topological polar surface area (TPSA) is 77.0 Å². The van der Waals surface area contributed by atoms with Crippen LogP contribution in [0.2, 0.25) is 0 Å². The summed E-state index contributed by atoms with van der Waals surface area (Å²) in [5.74, 6) is 0.0520. The first-order valence-electron chi connectivity index (χ1n) is 5.97. The maximum Gasteiger partial charge on any atom is 0.247 e. The first-order valence-corrected chi connectivity index (χ1v) is 5.97. The average Bonchev–Trinajstić information content (AvgIpc) is 2.78. The highest BCUT2D eigenvalue weighted by atomic mass is 16.2. The summed E-state index contributed by atoms with van der Waals surface area (Å²) in [5, 5.41) is 7.90. The highest BCUT2D eigenvalue weighted by molar-refractivity contribution is 5.79. The number of hydrogen-bond donors (Lipinski definition) is 1. The van der Waals surface area contributed by atoms with Gasteiger partial charge in [0.15, 0.2) is 0 Å². The van der Waals surface area contributed by atoms with Crippen molar-refractivity contribution in [1.29, 1.82) is 0 Å². The molecule has 0 radical (unpaired) electrons. The fourth-order valence-corrected chi connectivity index (χ4v) is 1.60. The molecule has 1 aromatic rings. The molecule has 2 atom stereocenters. The first kappa shape index (κ1) is 13.6. The Morgan fingerprint density at radius 2 is 2.06 bits per heavy atom. The van der Waals surface area contributed by atoms with E-state index in [-0.39, 0.29) is 18.0 Å². The van der Waals surface area contributed by atoms with Gasteiger partial charge in [-0.15, -0.1) is 5.10 Å². The van der Waals surface area contributed by atoms with Crippen molar-refractivity contribution in [3.63, 3.8) is 0 Å². The van der Waals surface area contributed by atoms with E-state index in [4.69, 9.17) is 5.73 Å². The van der Waals surface area contributed by atoms with E-state index in [2.05, 4.69) is 10.3 Å². The van der Waals surface area contributed by atoms with Crippen LogP contribution in [0.1, 0.15) is 45.5 Å². The van der Waals surface area contributed by atoms with Gasteiger partial charge in [0, 0.05) is 19.1 Å². The van der Waals surface area contributed by atoms with Crippen LogP contribution in [0.3, 0.4) is 0 Å². The zero-order chi connectivity index (χ0) is 13.0. The molecule has 0 spiro atoms. The highest BCUT2D eigenvalue weighted by Gasteiger charge is 2.21. The lowest BCUT2D eigenvalue weighted by molar-refractivity contribution is -0.134. The fraction of sp³-hybridized carbons (Fsp3) is 0.727. The third kappa shape index (κ3) is 3.03. The highest BCUT2D eigenvalue weighted by Crippen LogP contribution is 2.11. The Morgan fingerprint density at radius 3 is 2.47 bits per heavy atom. The Hall–Kier alpha value is -1.43. The van der Waals surface area contributed by atoms with Gasteiger partial charge >= 0.3 is 0 Å². The molecule has 0 bridgehead atoms. The number of carbonyl (C=O) groups is 1. The van der Waals surface area contributed by atoms with E-state index in [1.165, 1.54) is 0 Å². The molecular weight excluding hydrogens is 218 g/mol. The second kappa shape index (κ2) is 5.77. The lowest BCUT2D eigenvalue weighted by Gasteiger charge is -2.22. The van der Waals surface area contributed by atoms with Gasteiger partial charge in [0.2, 0.25) is 5.91 Å². The Kier molecular flexibility index (Phi) is 4.62. The zero-order valence-electron chi connectivity index (χ0n) is 10.9. The van der Waals surface area contributed by atoms with Gasteiger partial charge in [-0.3, -0.25) is 4.79 Å². The van der Waals surface area contributed by atoms with Crippen LogP contribution in [-0.2, 0) is 4.79 Å². The lowest BCUT2D eigenvalue weighted by atomic mass is 10.2. The molecule has 1 rings (SSSR count). The van der Waals surface area contributed by atoms with E-state index in [9.17, 15) is 4.79 Å². The largest absolute Gasteiger partial charge is 0.341 e. The van der Waals surface area contributed by atoms with Crippen LogP contribution in [0.4, 0.5) is 0 Å². The van der Waals surface area contributed by atoms with Crippen molar-refractivity contribution in [2.45, 2.75) is 39.8 Å². The number of aromatic nitrogens is 3. The minimum atomic E-state index is -0.338. The number of likely N-dealkylation sites (N-methyl/N-ethyl adjacent to an activating group) is 1. The number of amides is 1. The predicted molar refractivity (Wildman–Crippen MR) is 65.3 cm³/mol. The SMILES string of the molecule is CCN(CC)C(=O)C(C)n1cc(C(C)N)nn1. The van der Waals surface area contributed by atoms with E-state index >= 15 is 0 Å². The molecule has 96 valence electrons. The lowest BCUT2D eigenvalue weighted by Crippen LogP contribution is -2.36. The minimum Gasteiger partial charge on any atom is -0.341 e. The molecule has 0 aromatic carbocycles. The molecule has 17 heavy (non-hydrogen) atoms. The van der Waals surface area contributed by atoms with Crippen LogP contribution in [0.25, 0.3) is 0 Å². The maximum atomic E-state index is 12.1. The number of hydrogen-bond acceptors (Lipinski definition) is 4. The number of nitrogens with zero attached hydrogens (tertiary/aromatic N) is 4. The number of nitrogens with two attached hydrogens (primary N) is 1. The summed E-state index contributed by atoms with van der Waals surface area (Å²) in [6, 6.07) is -0.505. The quantitative estimate of drug-likeness (QED) is 0.821. The van der Waals surface area contributed by atoms with Crippen molar-refractivity contribution in [3.8, 4) is 0 Å². The molecule has 2 N–H and O–H groups in total. The first-order chi connectivity index (χ1) is 8.01. The molecule has 6 heteroatoms. The summed E-state index contributed by atoms with van der Waals surface area (Å²) in [6.45, 7) is 8.99. The van der Waals surface area contributed by atoms with Gasteiger partial charge in [-0.2, -0.15) is 0 Å². The summed E-state index contributed by atoms with van der Waals surface area (Å²) in [5.41, 5.74) is 6.40. The Morgan fingerprint density at radius 1 is 1.47 bits per heavy atom. The van der Waals surface area contributed by atoms with Crippen LogP contribution < -0.4 is 5.73 Å². The van der Waals surface area contributed by atoms with Crippen molar-refractivity contribution in [3.05, 3.63) is 11.9 Å². The molecule has 1 heterocycles. The third-order valence-corrected chi connectivity index (χ3v) is 2.82. The van der Waals surface area contributed by atoms with Crippen molar-refractivity contribution in [2.75, 3.05) is 13.1 Å². The monoisotopic (exact) mass is 239 g/mol. The van der Waals surface area contributed by atoms with Crippen molar-refractivity contribution in [2.24, 2.45) is 5.73 Å². The molecule has 0 aliphatic heterocycles. The smallest absolute Gasteiger partial charge is 0.247 e. The summed E-state index contributed by atoms with van der Waals surface area (Å²) < 4.78 is 1.57. The van der Waals surface area contributed by atoms with Crippen LogP contribution in [-0.4, -0.2) is 38.9 Å². The average molecular weight is 239 g/mol. The fourth-order valence-electron chi connectivity index (χ4n) is 1.60. The van der Waals surface area contributed by atoms with Gasteiger partial charge in [-0.05, 0) is 27.7 Å². The maximum absolute atomic E-state index is 12.1. The van der Waals surface area contributed by atoms with Crippen molar-refractivity contribution >= 4 is 5.91 Å². The molecule has 0 fully saturated rings. The van der Waals surface area contributed by atoms with Gasteiger partial charge in [-0.25, -0.2) is 4.68 Å². The van der Waals surface area contributed by atoms with E-state index in [0.29, 0.717) is 18.8 Å². The molecule has 0 saturated heterocycles. The Bertz CT molecular complexity index is 370. The summed E-state index contributed by atoms with van der Waals surface area (Å²) in [4.78, 5) is 13.9. The standard InChI is InChI=1S/C11H21N5O/c1-5-15(6-2)11(17)9(4)16-7-10(8(3)12)13-14-16/h7-9H,5-6,12H2,1-4H3. The Balaban J connectivity index is 2.81. The molecule has 6 nitrogen and oxygen atoms in total. The van der Waals surface area contributed by atoms with Crippen LogP contribution in [0.5, 0.6) is 0 Å². The summed E-state index contributed by atoms with van der Waals surface area (Å²) in [6.07, 6.45) is 1.73. The van der Waals surface area contributed by atoms with Crippen LogP contribution in [0, 0.1) is 0 Å². The van der Waals surface area contributed by atoms with E-state index in [0.717, 1.165) is 0 Å². The molecule has 0 aliphatic carbocycles. The molecule has 0 aliphatic rings. The Labute approximate surface area is 102 Å². The van der Waals surface area contributed by atoms with Crippen molar-refractivity contribution < 1.29 is 4.79 Å². The third-order valence-electron chi connectivity index (χ3n) is 2.82. The van der Waals surface area contributed by atoms with E-state index in [1.54, 1.807) is 15.8 Å². The molecular formula is C11H21N5O. The van der Waals surface area contributed by atoms with E-state index < -0.39 is 0 Å². The summed E-state index contributed by atoms with van der Waals surface area (Å²) in [7, 11) is 0. The van der Waals surface area contributed by atoms with Crippen LogP contribution in [0.15, 0.2) is 6.20 Å². The molecule has 1 aromatic heterocycles. The van der Waals surface area contributed by atoms with Gasteiger partial charge in [0.1, 0.15) is 6.04 Å². The molecule has 2 unspecified atom stereocenters. The summed E-state index contributed by atoms with van der Waals surface area (Å²) >= 11 is 0. The number of carbonyl (C=O) groups excluding carboxylic acids is 1. The second-order valence-electron chi connectivity index (χ2n) is 4.10. The van der Waals surface area contributed by atoms with E-state index in [1.807, 2.05) is 27.7 Å². The zero-order valence-corrected chi connectivity index (χ0v) is 10.9.